The number of hydrogen-bond acceptors (Lipinski definition) is 3. The van der Waals surface area contributed by atoms with Gasteiger partial charge in [0.1, 0.15) is 6.61 Å². The maximum Gasteiger partial charge on any atom is 0.306 e. The van der Waals surface area contributed by atoms with Gasteiger partial charge >= 0.3 is 5.97 Å². The number of halogens is 1. The normalized spacial score (nSPS) is 12.7. The highest BCUT2D eigenvalue weighted by Crippen LogP contribution is 2.35. The van der Waals surface area contributed by atoms with E-state index in [0.717, 1.165) is 11.1 Å². The van der Waals surface area contributed by atoms with Gasteiger partial charge < -0.3 is 4.74 Å². The molecule has 2 aromatic carbocycles. The highest BCUT2D eigenvalue weighted by atomic mass is 35.5. The Morgan fingerprint density at radius 1 is 1.08 bits per heavy atom. The molecule has 0 spiro atoms. The second kappa shape index (κ2) is 8.90. The zero-order valence-corrected chi connectivity index (χ0v) is 13.9. The quantitative estimate of drug-likeness (QED) is 0.683. The number of hydrogen-bond donors (Lipinski definition) is 0. The van der Waals surface area contributed by atoms with Crippen molar-refractivity contribution in [2.24, 2.45) is 0 Å². The second-order valence-corrected chi connectivity index (χ2v) is 5.95. The monoisotopic (exact) mass is 339 g/mol. The van der Waals surface area contributed by atoms with Crippen molar-refractivity contribution in [1.29, 1.82) is 5.26 Å². The van der Waals surface area contributed by atoms with E-state index in [1.54, 1.807) is 0 Å². The van der Waals surface area contributed by atoms with Gasteiger partial charge in [-0.05, 0) is 11.1 Å². The van der Waals surface area contributed by atoms with Crippen LogP contribution in [0, 0.1) is 11.3 Å². The summed E-state index contributed by atoms with van der Waals surface area (Å²) in [5, 5.41) is 9.97. The third kappa shape index (κ3) is 4.97. The minimum absolute atomic E-state index is 0.0234. The van der Waals surface area contributed by atoms with Crippen LogP contribution in [0.3, 0.4) is 0 Å². The molecular weight excluding hydrogens is 322 g/mol. The van der Waals surface area contributed by atoms with Gasteiger partial charge in [0.25, 0.3) is 0 Å². The van der Waals surface area contributed by atoms with Gasteiger partial charge in [0.15, 0.2) is 0 Å². The number of carbonyl (C=O) groups excluding carboxylic acids is 1. The summed E-state index contributed by atoms with van der Waals surface area (Å²) in [5.74, 6) is -1.14. The molecule has 0 saturated heterocycles. The van der Waals surface area contributed by atoms with Crippen LogP contribution in [0.4, 0.5) is 0 Å². The SMILES string of the molecule is C=C(Cl)COC(=O)CC(c1ccccc1)C(C#N)c1ccccc1. The molecule has 2 unspecified atom stereocenters. The Hall–Kier alpha value is -2.57. The molecule has 122 valence electrons. The minimum Gasteiger partial charge on any atom is -0.460 e. The summed E-state index contributed by atoms with van der Waals surface area (Å²) in [6.07, 6.45) is 0.0985. The standard InChI is InChI=1S/C20H18ClNO2/c1-15(21)14-24-20(23)12-18(16-8-4-2-5-9-16)19(13-22)17-10-6-3-7-11-17/h2-11,18-19H,1,12,14H2. The highest BCUT2D eigenvalue weighted by Gasteiger charge is 2.27. The molecule has 0 aromatic heterocycles. The van der Waals surface area contributed by atoms with Crippen LogP contribution in [0.2, 0.25) is 0 Å². The summed E-state index contributed by atoms with van der Waals surface area (Å²) in [7, 11) is 0. The van der Waals surface area contributed by atoms with Crippen molar-refractivity contribution in [1.82, 2.24) is 0 Å². The van der Waals surface area contributed by atoms with Crippen molar-refractivity contribution >= 4 is 17.6 Å². The van der Waals surface area contributed by atoms with Crippen LogP contribution in [0.25, 0.3) is 0 Å². The lowest BCUT2D eigenvalue weighted by molar-refractivity contribution is -0.143. The molecule has 24 heavy (non-hydrogen) atoms. The molecule has 3 nitrogen and oxygen atoms in total. The summed E-state index contributed by atoms with van der Waals surface area (Å²) in [6, 6.07) is 21.3. The smallest absolute Gasteiger partial charge is 0.306 e. The van der Waals surface area contributed by atoms with E-state index >= 15 is 0 Å². The molecule has 0 fully saturated rings. The van der Waals surface area contributed by atoms with Crippen LogP contribution in [-0.2, 0) is 9.53 Å². The maximum atomic E-state index is 12.2. The second-order valence-electron chi connectivity index (χ2n) is 5.42. The Bertz CT molecular complexity index is 722. The Labute approximate surface area is 147 Å². The van der Waals surface area contributed by atoms with Crippen LogP contribution < -0.4 is 0 Å². The lowest BCUT2D eigenvalue weighted by Crippen LogP contribution is -2.17. The lowest BCUT2D eigenvalue weighted by atomic mass is 9.80. The Balaban J connectivity index is 2.27. The molecule has 2 rings (SSSR count). The number of ether oxygens (including phenoxy) is 1. The van der Waals surface area contributed by atoms with Crippen molar-refractivity contribution in [2.75, 3.05) is 6.61 Å². The Morgan fingerprint density at radius 2 is 1.62 bits per heavy atom. The first-order valence-electron chi connectivity index (χ1n) is 7.60. The predicted octanol–water partition coefficient (Wildman–Crippen LogP) is 4.76. The third-order valence-corrected chi connectivity index (χ3v) is 3.81. The molecular formula is C20H18ClNO2. The molecule has 4 heteroatoms. The fourth-order valence-electron chi connectivity index (χ4n) is 2.58. The summed E-state index contributed by atoms with van der Waals surface area (Å²) in [4.78, 5) is 12.2. The van der Waals surface area contributed by atoms with E-state index in [1.165, 1.54) is 0 Å². The fourth-order valence-corrected chi connectivity index (χ4v) is 2.64. The van der Waals surface area contributed by atoms with E-state index in [4.69, 9.17) is 16.3 Å². The van der Waals surface area contributed by atoms with Crippen molar-refractivity contribution < 1.29 is 9.53 Å². The fraction of sp³-hybridized carbons (Fsp3) is 0.200. The van der Waals surface area contributed by atoms with Gasteiger partial charge in [-0.15, -0.1) is 0 Å². The zero-order chi connectivity index (χ0) is 17.4. The largest absolute Gasteiger partial charge is 0.460 e. The minimum atomic E-state index is -0.444. The van der Waals surface area contributed by atoms with Gasteiger partial charge in [-0.1, -0.05) is 78.8 Å². The van der Waals surface area contributed by atoms with Gasteiger partial charge in [-0.3, -0.25) is 4.79 Å². The average Bonchev–Trinajstić information content (AvgIpc) is 2.61. The summed E-state index contributed by atoms with van der Waals surface area (Å²) >= 11 is 5.64. The number of esters is 1. The van der Waals surface area contributed by atoms with Crippen molar-refractivity contribution in [2.45, 2.75) is 18.3 Å². The molecule has 0 aliphatic carbocycles. The molecule has 2 aromatic rings. The van der Waals surface area contributed by atoms with Crippen LogP contribution in [0.1, 0.15) is 29.4 Å². The molecule has 0 saturated carbocycles. The van der Waals surface area contributed by atoms with Gasteiger partial charge in [0, 0.05) is 11.0 Å². The van der Waals surface area contributed by atoms with E-state index < -0.39 is 11.9 Å². The van der Waals surface area contributed by atoms with Gasteiger partial charge in [-0.25, -0.2) is 0 Å². The molecule has 0 N–H and O–H groups in total. The molecule has 0 bridgehead atoms. The van der Waals surface area contributed by atoms with Crippen LogP contribution in [0.5, 0.6) is 0 Å². The van der Waals surface area contributed by atoms with E-state index in [9.17, 15) is 10.1 Å². The third-order valence-electron chi connectivity index (χ3n) is 3.70. The molecule has 2 atom stereocenters. The van der Waals surface area contributed by atoms with Crippen molar-refractivity contribution in [3.8, 4) is 6.07 Å². The van der Waals surface area contributed by atoms with Crippen LogP contribution in [-0.4, -0.2) is 12.6 Å². The van der Waals surface area contributed by atoms with E-state index in [1.807, 2.05) is 60.7 Å². The zero-order valence-electron chi connectivity index (χ0n) is 13.2. The number of benzene rings is 2. The van der Waals surface area contributed by atoms with Crippen LogP contribution >= 0.6 is 11.6 Å². The Kier molecular flexibility index (Phi) is 6.60. The van der Waals surface area contributed by atoms with Crippen molar-refractivity contribution in [3.05, 3.63) is 83.4 Å². The average molecular weight is 340 g/mol. The summed E-state index contributed by atoms with van der Waals surface area (Å²) < 4.78 is 5.11. The molecule has 0 heterocycles. The number of nitrogens with zero attached hydrogens (tertiary/aromatic N) is 1. The van der Waals surface area contributed by atoms with Crippen LogP contribution in [0.15, 0.2) is 72.3 Å². The molecule has 0 aliphatic rings. The van der Waals surface area contributed by atoms with E-state index in [2.05, 4.69) is 12.6 Å². The van der Waals surface area contributed by atoms with E-state index in [-0.39, 0.29) is 24.0 Å². The van der Waals surface area contributed by atoms with E-state index in [0.29, 0.717) is 0 Å². The number of carbonyl (C=O) groups is 1. The highest BCUT2D eigenvalue weighted by molar-refractivity contribution is 6.29. The Morgan fingerprint density at radius 3 is 2.12 bits per heavy atom. The van der Waals surface area contributed by atoms with Crippen molar-refractivity contribution in [3.63, 3.8) is 0 Å². The summed E-state index contributed by atoms with van der Waals surface area (Å²) in [5.41, 5.74) is 1.80. The summed E-state index contributed by atoms with van der Waals surface area (Å²) in [6.45, 7) is 3.48. The van der Waals surface area contributed by atoms with Gasteiger partial charge in [0.2, 0.25) is 0 Å². The molecule has 0 radical (unpaired) electrons. The first-order valence-corrected chi connectivity index (χ1v) is 7.98. The first kappa shape index (κ1) is 17.8. The number of rotatable bonds is 7. The predicted molar refractivity (Wildman–Crippen MR) is 94.5 cm³/mol. The number of nitriles is 1. The molecule has 0 amide bonds. The van der Waals surface area contributed by atoms with Gasteiger partial charge in [0.05, 0.1) is 18.4 Å². The maximum absolute atomic E-state index is 12.2. The topological polar surface area (TPSA) is 50.1 Å². The lowest BCUT2D eigenvalue weighted by Gasteiger charge is -2.22. The van der Waals surface area contributed by atoms with Gasteiger partial charge in [-0.2, -0.15) is 5.26 Å². The molecule has 0 aliphatic heterocycles. The first-order chi connectivity index (χ1) is 11.6.